The largest absolute Gasteiger partial charge is 0.413 e. The fourth-order valence-corrected chi connectivity index (χ4v) is 7.43. The lowest BCUT2D eigenvalue weighted by atomic mass is 9.89. The summed E-state index contributed by atoms with van der Waals surface area (Å²) in [4.78, 5) is 0.215. The van der Waals surface area contributed by atoms with E-state index in [0.29, 0.717) is 0 Å². The van der Waals surface area contributed by atoms with Crippen molar-refractivity contribution in [2.24, 2.45) is 11.8 Å². The van der Waals surface area contributed by atoms with Gasteiger partial charge in [0.05, 0.1) is 17.1 Å². The van der Waals surface area contributed by atoms with Gasteiger partial charge >= 0.3 is 0 Å². The highest BCUT2D eigenvalue weighted by Crippen LogP contribution is 2.31. The molecule has 4 nitrogen and oxygen atoms in total. The number of hydrogen-bond donors (Lipinski definition) is 1. The van der Waals surface area contributed by atoms with Crippen LogP contribution in [0, 0.1) is 11.8 Å². The van der Waals surface area contributed by atoms with Crippen LogP contribution in [0.1, 0.15) is 34.6 Å². The van der Waals surface area contributed by atoms with Gasteiger partial charge in [0.1, 0.15) is 0 Å². The molecule has 0 aliphatic rings. The minimum Gasteiger partial charge on any atom is -0.413 e. The summed E-state index contributed by atoms with van der Waals surface area (Å²) in [5.74, 6) is -0.202. The Morgan fingerprint density at radius 3 is 2.11 bits per heavy atom. The Hall–Kier alpha value is -1.21. The molecule has 0 saturated carbocycles. The normalized spacial score (nSPS) is 17.2. The van der Waals surface area contributed by atoms with E-state index in [1.54, 1.807) is 30.3 Å². The van der Waals surface area contributed by atoms with Crippen LogP contribution in [0.15, 0.2) is 59.4 Å². The molecule has 0 amide bonds. The topological polar surface area (TPSA) is 63.6 Å². The maximum absolute atomic E-state index is 12.4. The molecule has 0 aliphatic heterocycles. The number of benzene rings is 1. The molecule has 4 atom stereocenters. The first-order chi connectivity index (χ1) is 13.2. The first-order valence-electron chi connectivity index (χ1n) is 10.1. The third kappa shape index (κ3) is 6.41. The zero-order valence-corrected chi connectivity index (χ0v) is 19.7. The summed E-state index contributed by atoms with van der Waals surface area (Å²) in [5, 5.41) is 11.8. The minimum absolute atomic E-state index is 0.0558. The molecular weight excluding hydrogens is 388 g/mol. The summed E-state index contributed by atoms with van der Waals surface area (Å²) in [7, 11) is -5.46. The van der Waals surface area contributed by atoms with Gasteiger partial charge in [-0.25, -0.2) is 8.42 Å². The van der Waals surface area contributed by atoms with Crippen LogP contribution in [-0.4, -0.2) is 34.0 Å². The van der Waals surface area contributed by atoms with Crippen molar-refractivity contribution in [2.45, 2.75) is 69.9 Å². The standard InChI is InChI=1S/C22H36O4SSi/c1-7-18(5)22(26-28(8-2,9-3)10-4)19(6)21(23)16-17-27(24,25)20-14-12-11-13-15-20/h7,11-19,21-23H,1,8-10H2,2-6H3. The number of aliphatic hydroxyl groups is 1. The van der Waals surface area contributed by atoms with Gasteiger partial charge in [0.25, 0.3) is 0 Å². The summed E-state index contributed by atoms with van der Waals surface area (Å²) in [5.41, 5.74) is 0. The third-order valence-corrected chi connectivity index (χ3v) is 11.9. The van der Waals surface area contributed by atoms with E-state index in [1.165, 1.54) is 6.08 Å². The summed E-state index contributed by atoms with van der Waals surface area (Å²) < 4.78 is 31.6. The van der Waals surface area contributed by atoms with Gasteiger partial charge in [0, 0.05) is 11.3 Å². The Balaban J connectivity index is 3.05. The maximum Gasteiger partial charge on any atom is 0.199 e. The van der Waals surface area contributed by atoms with Gasteiger partial charge in [-0.05, 0) is 42.3 Å². The molecule has 0 aliphatic carbocycles. The minimum atomic E-state index is -3.58. The van der Waals surface area contributed by atoms with Crippen molar-refractivity contribution in [1.29, 1.82) is 0 Å². The van der Waals surface area contributed by atoms with E-state index in [1.807, 2.05) is 19.9 Å². The molecule has 0 saturated heterocycles. The lowest BCUT2D eigenvalue weighted by Gasteiger charge is -2.39. The van der Waals surface area contributed by atoms with Crippen LogP contribution in [0.25, 0.3) is 0 Å². The fourth-order valence-electron chi connectivity index (χ4n) is 3.36. The quantitative estimate of drug-likeness (QED) is 0.371. The first-order valence-corrected chi connectivity index (χ1v) is 14.2. The molecule has 1 aromatic rings. The van der Waals surface area contributed by atoms with E-state index in [9.17, 15) is 13.5 Å². The van der Waals surface area contributed by atoms with Crippen molar-refractivity contribution in [1.82, 2.24) is 0 Å². The van der Waals surface area contributed by atoms with Gasteiger partial charge in [0.2, 0.25) is 0 Å². The SMILES string of the molecule is C=CC(C)C(O[Si](CC)(CC)CC)C(C)C(O)C=CS(=O)(=O)c1ccccc1. The molecule has 1 aromatic carbocycles. The third-order valence-electron chi connectivity index (χ3n) is 5.79. The molecule has 0 bridgehead atoms. The Morgan fingerprint density at radius 1 is 1.11 bits per heavy atom. The van der Waals surface area contributed by atoms with E-state index >= 15 is 0 Å². The van der Waals surface area contributed by atoms with Crippen molar-refractivity contribution >= 4 is 18.2 Å². The zero-order valence-electron chi connectivity index (χ0n) is 17.8. The van der Waals surface area contributed by atoms with Gasteiger partial charge in [-0.2, -0.15) is 0 Å². The Bertz CT molecular complexity index is 718. The van der Waals surface area contributed by atoms with Gasteiger partial charge < -0.3 is 9.53 Å². The van der Waals surface area contributed by atoms with Crippen LogP contribution < -0.4 is 0 Å². The predicted molar refractivity (Wildman–Crippen MR) is 119 cm³/mol. The molecule has 0 fully saturated rings. The highest BCUT2D eigenvalue weighted by atomic mass is 32.2. The number of aliphatic hydroxyl groups excluding tert-OH is 1. The average molecular weight is 425 g/mol. The van der Waals surface area contributed by atoms with Crippen molar-refractivity contribution in [3.63, 3.8) is 0 Å². The summed E-state index contributed by atoms with van der Waals surface area (Å²) in [6, 6.07) is 11.3. The van der Waals surface area contributed by atoms with E-state index < -0.39 is 24.3 Å². The zero-order chi connectivity index (χ0) is 21.4. The van der Waals surface area contributed by atoms with E-state index in [4.69, 9.17) is 4.43 Å². The summed E-state index contributed by atoms with van der Waals surface area (Å²) in [6.45, 7) is 14.3. The summed E-state index contributed by atoms with van der Waals surface area (Å²) in [6.07, 6.45) is 2.08. The smallest absolute Gasteiger partial charge is 0.199 e. The number of hydrogen-bond acceptors (Lipinski definition) is 4. The summed E-state index contributed by atoms with van der Waals surface area (Å²) >= 11 is 0. The molecule has 28 heavy (non-hydrogen) atoms. The Morgan fingerprint density at radius 2 is 1.64 bits per heavy atom. The van der Waals surface area contributed by atoms with Crippen LogP contribution in [-0.2, 0) is 14.3 Å². The van der Waals surface area contributed by atoms with Gasteiger partial charge in [-0.15, -0.1) is 6.58 Å². The van der Waals surface area contributed by atoms with Gasteiger partial charge in [-0.3, -0.25) is 0 Å². The lowest BCUT2D eigenvalue weighted by Crippen LogP contribution is -2.46. The average Bonchev–Trinajstić information content (AvgIpc) is 2.73. The second-order valence-electron chi connectivity index (χ2n) is 7.46. The van der Waals surface area contributed by atoms with Crippen LogP contribution in [0.3, 0.4) is 0 Å². The molecule has 1 N–H and O–H groups in total. The van der Waals surface area contributed by atoms with Crippen LogP contribution >= 0.6 is 0 Å². The van der Waals surface area contributed by atoms with E-state index in [0.717, 1.165) is 23.5 Å². The molecule has 6 heteroatoms. The number of sulfone groups is 1. The highest BCUT2D eigenvalue weighted by Gasteiger charge is 2.37. The first kappa shape index (κ1) is 24.8. The van der Waals surface area contributed by atoms with Crippen LogP contribution in [0.5, 0.6) is 0 Å². The molecule has 0 radical (unpaired) electrons. The van der Waals surface area contributed by atoms with Crippen LogP contribution in [0.2, 0.25) is 18.1 Å². The van der Waals surface area contributed by atoms with Crippen molar-refractivity contribution in [2.75, 3.05) is 0 Å². The second kappa shape index (κ2) is 11.1. The molecule has 0 aromatic heterocycles. The maximum atomic E-state index is 12.4. The Kier molecular flexibility index (Phi) is 9.84. The number of rotatable bonds is 12. The van der Waals surface area contributed by atoms with Crippen molar-refractivity contribution in [3.05, 3.63) is 54.5 Å². The highest BCUT2D eigenvalue weighted by molar-refractivity contribution is 7.94. The Labute approximate surface area is 172 Å². The molecule has 158 valence electrons. The molecular formula is C22H36O4SSi. The predicted octanol–water partition coefficient (Wildman–Crippen LogP) is 5.18. The van der Waals surface area contributed by atoms with Crippen molar-refractivity contribution in [3.8, 4) is 0 Å². The van der Waals surface area contributed by atoms with E-state index in [-0.39, 0.29) is 22.8 Å². The van der Waals surface area contributed by atoms with Crippen molar-refractivity contribution < 1.29 is 18.0 Å². The second-order valence-corrected chi connectivity index (χ2v) is 14.0. The molecule has 0 heterocycles. The lowest BCUT2D eigenvalue weighted by molar-refractivity contribution is 0.0335. The fraction of sp³-hybridized carbons (Fsp3) is 0.545. The van der Waals surface area contributed by atoms with Crippen LogP contribution in [0.4, 0.5) is 0 Å². The molecule has 1 rings (SSSR count). The monoisotopic (exact) mass is 424 g/mol. The van der Waals surface area contributed by atoms with Gasteiger partial charge in [0.15, 0.2) is 18.2 Å². The van der Waals surface area contributed by atoms with E-state index in [2.05, 4.69) is 27.4 Å². The molecule has 4 unspecified atom stereocenters. The molecule has 0 spiro atoms. The van der Waals surface area contributed by atoms with Gasteiger partial charge in [-0.1, -0.05) is 58.9 Å².